The molecule has 4 atom stereocenters. The Bertz CT molecular complexity index is 1110. The van der Waals surface area contributed by atoms with Crippen LogP contribution in [0.3, 0.4) is 0 Å². The summed E-state index contributed by atoms with van der Waals surface area (Å²) in [6, 6.07) is 6.06. The van der Waals surface area contributed by atoms with Crippen molar-refractivity contribution in [3.8, 4) is 11.5 Å². The molecule has 2 aromatic rings. The quantitative estimate of drug-likeness (QED) is 0.530. The standard InChI is InChI=1S/C26H31FN2O8/c1-14(2)25(32)37-23-15(3)36-26(33)19(29-24(31)21-22(30)20(34-4)9-10-28-21)13-35-12-17(23)11-16-5-7-18(27)8-6-16/h5-10,14-15,17,19,23,30H,11-13H2,1-4H3,(H,29,31)/t15-,17-,19-,23-/m0/s1. The third-order valence-electron chi connectivity index (χ3n) is 5.89. The summed E-state index contributed by atoms with van der Waals surface area (Å²) in [6.07, 6.45) is -0.106. The van der Waals surface area contributed by atoms with Gasteiger partial charge in [-0.05, 0) is 31.0 Å². The van der Waals surface area contributed by atoms with E-state index >= 15 is 0 Å². The van der Waals surface area contributed by atoms with Gasteiger partial charge in [0.15, 0.2) is 23.2 Å². The molecule has 11 heteroatoms. The summed E-state index contributed by atoms with van der Waals surface area (Å²) in [5.74, 6) is -3.78. The molecule has 0 radical (unpaired) electrons. The molecule has 1 fully saturated rings. The molecule has 200 valence electrons. The number of carbonyl (C=O) groups is 3. The number of aromatic hydroxyl groups is 1. The van der Waals surface area contributed by atoms with Gasteiger partial charge in [0.1, 0.15) is 18.0 Å². The van der Waals surface area contributed by atoms with Crippen LogP contribution in [0.15, 0.2) is 36.5 Å². The highest BCUT2D eigenvalue weighted by Gasteiger charge is 2.38. The van der Waals surface area contributed by atoms with E-state index in [1.807, 2.05) is 0 Å². The maximum atomic E-state index is 13.4. The second-order valence-electron chi connectivity index (χ2n) is 9.06. The van der Waals surface area contributed by atoms with Gasteiger partial charge >= 0.3 is 11.9 Å². The molecule has 1 aromatic heterocycles. The summed E-state index contributed by atoms with van der Waals surface area (Å²) in [5.41, 5.74) is 0.445. The van der Waals surface area contributed by atoms with Gasteiger partial charge in [-0.15, -0.1) is 0 Å². The fourth-order valence-corrected chi connectivity index (χ4v) is 3.87. The minimum Gasteiger partial charge on any atom is -0.503 e. The molecule has 1 saturated heterocycles. The molecule has 0 aliphatic carbocycles. The van der Waals surface area contributed by atoms with Gasteiger partial charge in [0.2, 0.25) is 0 Å². The van der Waals surface area contributed by atoms with Gasteiger partial charge in [-0.25, -0.2) is 14.2 Å². The second kappa shape index (κ2) is 12.5. The van der Waals surface area contributed by atoms with Crippen LogP contribution >= 0.6 is 0 Å². The number of ether oxygens (including phenoxy) is 4. The van der Waals surface area contributed by atoms with Gasteiger partial charge in [0, 0.05) is 18.2 Å². The van der Waals surface area contributed by atoms with E-state index in [0.717, 1.165) is 5.56 Å². The lowest BCUT2D eigenvalue weighted by atomic mass is 9.91. The number of pyridine rings is 1. The molecule has 1 aliphatic rings. The number of esters is 2. The van der Waals surface area contributed by atoms with Crippen LogP contribution in [0.4, 0.5) is 4.39 Å². The van der Waals surface area contributed by atoms with Gasteiger partial charge in [-0.2, -0.15) is 0 Å². The van der Waals surface area contributed by atoms with E-state index in [4.69, 9.17) is 18.9 Å². The van der Waals surface area contributed by atoms with E-state index < -0.39 is 53.7 Å². The van der Waals surface area contributed by atoms with Crippen LogP contribution in [0.25, 0.3) is 0 Å². The summed E-state index contributed by atoms with van der Waals surface area (Å²) in [5, 5.41) is 12.7. The number of benzene rings is 1. The third kappa shape index (κ3) is 7.16. The van der Waals surface area contributed by atoms with Crippen LogP contribution in [-0.2, 0) is 30.2 Å². The Labute approximate surface area is 214 Å². The average Bonchev–Trinajstić information content (AvgIpc) is 2.91. The van der Waals surface area contributed by atoms with Crippen LogP contribution in [0.1, 0.15) is 36.8 Å². The number of nitrogens with one attached hydrogen (secondary N) is 1. The fourth-order valence-electron chi connectivity index (χ4n) is 3.87. The number of halogens is 1. The summed E-state index contributed by atoms with van der Waals surface area (Å²) in [4.78, 5) is 42.1. The molecular formula is C26H31FN2O8. The zero-order valence-corrected chi connectivity index (χ0v) is 21.1. The van der Waals surface area contributed by atoms with Crippen molar-refractivity contribution in [3.63, 3.8) is 0 Å². The maximum absolute atomic E-state index is 13.4. The van der Waals surface area contributed by atoms with Crippen molar-refractivity contribution in [2.45, 2.75) is 45.4 Å². The highest BCUT2D eigenvalue weighted by atomic mass is 19.1. The SMILES string of the molecule is COc1ccnc(C(=O)N[C@H]2COC[C@H](Cc3ccc(F)cc3)[C@@H](OC(=O)C(C)C)[C@H](C)OC2=O)c1O. The first-order valence-corrected chi connectivity index (χ1v) is 11.9. The van der Waals surface area contributed by atoms with Crippen LogP contribution in [0.2, 0.25) is 0 Å². The van der Waals surface area contributed by atoms with Crippen molar-refractivity contribution < 1.29 is 42.8 Å². The Hall–Kier alpha value is -3.73. The fraction of sp³-hybridized carbons (Fsp3) is 0.462. The summed E-state index contributed by atoms with van der Waals surface area (Å²) in [7, 11) is 1.33. The molecule has 0 bridgehead atoms. The molecule has 37 heavy (non-hydrogen) atoms. The Balaban J connectivity index is 1.82. The van der Waals surface area contributed by atoms with Crippen molar-refractivity contribution >= 4 is 17.8 Å². The van der Waals surface area contributed by atoms with Crippen molar-refractivity contribution in [2.75, 3.05) is 20.3 Å². The van der Waals surface area contributed by atoms with Gasteiger partial charge in [0.25, 0.3) is 5.91 Å². The van der Waals surface area contributed by atoms with Crippen LogP contribution in [-0.4, -0.2) is 66.5 Å². The monoisotopic (exact) mass is 518 g/mol. The lowest BCUT2D eigenvalue weighted by Crippen LogP contribution is -2.47. The Kier molecular flexibility index (Phi) is 9.40. The topological polar surface area (TPSA) is 133 Å². The van der Waals surface area contributed by atoms with Gasteiger partial charge in [-0.1, -0.05) is 26.0 Å². The maximum Gasteiger partial charge on any atom is 0.331 e. The van der Waals surface area contributed by atoms with Crippen molar-refractivity contribution in [1.82, 2.24) is 10.3 Å². The van der Waals surface area contributed by atoms with E-state index in [-0.39, 0.29) is 30.5 Å². The minimum atomic E-state index is -1.23. The number of cyclic esters (lactones) is 1. The Morgan fingerprint density at radius 2 is 1.92 bits per heavy atom. The number of aromatic nitrogens is 1. The largest absolute Gasteiger partial charge is 0.503 e. The first kappa shape index (κ1) is 27.9. The van der Waals surface area contributed by atoms with E-state index in [1.54, 1.807) is 32.9 Å². The molecule has 2 heterocycles. The Morgan fingerprint density at radius 1 is 1.22 bits per heavy atom. The number of methoxy groups -OCH3 is 1. The molecule has 2 N–H and O–H groups in total. The van der Waals surface area contributed by atoms with Gasteiger partial charge in [0.05, 0.1) is 26.2 Å². The number of hydrogen-bond donors (Lipinski definition) is 2. The van der Waals surface area contributed by atoms with Gasteiger partial charge in [-0.3, -0.25) is 9.59 Å². The van der Waals surface area contributed by atoms with Crippen LogP contribution in [0.5, 0.6) is 11.5 Å². The average molecular weight is 519 g/mol. The molecule has 1 amide bonds. The Morgan fingerprint density at radius 3 is 2.57 bits per heavy atom. The smallest absolute Gasteiger partial charge is 0.331 e. The second-order valence-corrected chi connectivity index (χ2v) is 9.06. The van der Waals surface area contributed by atoms with Crippen LogP contribution < -0.4 is 10.1 Å². The van der Waals surface area contributed by atoms with E-state index in [9.17, 15) is 23.9 Å². The lowest BCUT2D eigenvalue weighted by molar-refractivity contribution is -0.173. The number of rotatable bonds is 7. The highest BCUT2D eigenvalue weighted by Crippen LogP contribution is 2.28. The molecule has 0 spiro atoms. The minimum absolute atomic E-state index is 0.0421. The predicted octanol–water partition coefficient (Wildman–Crippen LogP) is 2.42. The normalized spacial score (nSPS) is 22.3. The molecular weight excluding hydrogens is 487 g/mol. The van der Waals surface area contributed by atoms with E-state index in [1.165, 1.54) is 31.5 Å². The summed E-state index contributed by atoms with van der Waals surface area (Å²) in [6.45, 7) is 4.78. The van der Waals surface area contributed by atoms with Crippen molar-refractivity contribution in [3.05, 3.63) is 53.6 Å². The third-order valence-corrected chi connectivity index (χ3v) is 5.89. The molecule has 0 saturated carbocycles. The zero-order chi connectivity index (χ0) is 27.1. The van der Waals surface area contributed by atoms with Gasteiger partial charge < -0.3 is 29.4 Å². The molecule has 10 nitrogen and oxygen atoms in total. The number of carbonyl (C=O) groups excluding carboxylic acids is 3. The predicted molar refractivity (Wildman–Crippen MR) is 128 cm³/mol. The number of amides is 1. The summed E-state index contributed by atoms with van der Waals surface area (Å²) < 4.78 is 35.5. The lowest BCUT2D eigenvalue weighted by Gasteiger charge is -2.31. The highest BCUT2D eigenvalue weighted by molar-refractivity contribution is 5.98. The zero-order valence-electron chi connectivity index (χ0n) is 21.1. The van der Waals surface area contributed by atoms with E-state index in [2.05, 4.69) is 10.3 Å². The van der Waals surface area contributed by atoms with E-state index in [0.29, 0.717) is 6.42 Å². The van der Waals surface area contributed by atoms with Crippen molar-refractivity contribution in [1.29, 1.82) is 0 Å². The molecule has 1 aliphatic heterocycles. The number of nitrogens with zero attached hydrogens (tertiary/aromatic N) is 1. The molecule has 1 aromatic carbocycles. The first-order valence-electron chi connectivity index (χ1n) is 11.9. The molecule has 3 rings (SSSR count). The van der Waals surface area contributed by atoms with Crippen LogP contribution in [0, 0.1) is 17.7 Å². The summed E-state index contributed by atoms with van der Waals surface area (Å²) >= 11 is 0. The molecule has 0 unspecified atom stereocenters. The van der Waals surface area contributed by atoms with Crippen molar-refractivity contribution in [2.24, 2.45) is 11.8 Å². The first-order chi connectivity index (χ1) is 17.6. The number of hydrogen-bond acceptors (Lipinski definition) is 9.